The predicted molar refractivity (Wildman–Crippen MR) is 96.0 cm³/mol. The summed E-state index contributed by atoms with van der Waals surface area (Å²) < 4.78 is 35.4. The van der Waals surface area contributed by atoms with Crippen molar-refractivity contribution in [1.29, 1.82) is 0 Å². The molecular weight excluding hydrogens is 366 g/mol. The van der Waals surface area contributed by atoms with Crippen molar-refractivity contribution in [2.75, 3.05) is 19.7 Å². The van der Waals surface area contributed by atoms with Crippen LogP contribution < -0.4 is 20.1 Å². The number of hydrogen-bond donors (Lipinski definition) is 2. The number of benzene rings is 1. The second kappa shape index (κ2) is 8.86. The van der Waals surface area contributed by atoms with Gasteiger partial charge in [0.15, 0.2) is 11.5 Å². The summed E-state index contributed by atoms with van der Waals surface area (Å²) in [4.78, 5) is 12.4. The molecule has 1 amide bonds. The van der Waals surface area contributed by atoms with Crippen molar-refractivity contribution in [3.8, 4) is 11.5 Å². The van der Waals surface area contributed by atoms with Gasteiger partial charge in [-0.1, -0.05) is 12.1 Å². The zero-order chi connectivity index (χ0) is 17.9. The number of carbonyl (C=O) groups excluding carboxylic acids is 1. The first-order chi connectivity index (χ1) is 12.1. The third-order valence-corrected chi connectivity index (χ3v) is 5.13. The number of piperidine rings is 1. The van der Waals surface area contributed by atoms with Crippen molar-refractivity contribution in [3.63, 3.8) is 0 Å². The first-order valence-electron chi connectivity index (χ1n) is 8.73. The van der Waals surface area contributed by atoms with Crippen LogP contribution in [0.3, 0.4) is 0 Å². The number of ether oxygens (including phenoxy) is 2. The van der Waals surface area contributed by atoms with Gasteiger partial charge in [-0.05, 0) is 50.8 Å². The highest BCUT2D eigenvalue weighted by Crippen LogP contribution is 2.58. The van der Waals surface area contributed by atoms with Crippen LogP contribution in [0.4, 0.5) is 8.78 Å². The summed E-state index contributed by atoms with van der Waals surface area (Å²) in [6.07, 6.45) is 2.95. The zero-order valence-corrected chi connectivity index (χ0v) is 15.5. The number of nitrogens with one attached hydrogen (secondary N) is 2. The van der Waals surface area contributed by atoms with E-state index in [1.165, 1.54) is 0 Å². The molecule has 1 atom stereocenters. The molecule has 1 saturated heterocycles. The molecule has 2 fully saturated rings. The monoisotopic (exact) mass is 390 g/mol. The Morgan fingerprint density at radius 2 is 2.12 bits per heavy atom. The maximum atomic E-state index is 12.7. The van der Waals surface area contributed by atoms with E-state index in [2.05, 4.69) is 15.4 Å². The fraction of sp³-hybridized carbons (Fsp3) is 0.611. The Balaban J connectivity index is 0.00000243. The molecule has 26 heavy (non-hydrogen) atoms. The van der Waals surface area contributed by atoms with E-state index in [1.54, 1.807) is 25.1 Å². The highest BCUT2D eigenvalue weighted by Gasteiger charge is 2.57. The zero-order valence-electron chi connectivity index (χ0n) is 14.7. The largest absolute Gasteiger partial charge is 0.490 e. The summed E-state index contributed by atoms with van der Waals surface area (Å²) >= 11 is 0. The molecule has 3 rings (SSSR count). The summed E-state index contributed by atoms with van der Waals surface area (Å²) in [5, 5.41) is 6.18. The van der Waals surface area contributed by atoms with Gasteiger partial charge in [-0.25, -0.2) is 0 Å². The van der Waals surface area contributed by atoms with Crippen molar-refractivity contribution in [1.82, 2.24) is 10.6 Å². The first-order valence-corrected chi connectivity index (χ1v) is 8.73. The third-order valence-electron chi connectivity index (χ3n) is 5.13. The van der Waals surface area contributed by atoms with E-state index in [4.69, 9.17) is 4.74 Å². The Morgan fingerprint density at radius 1 is 1.38 bits per heavy atom. The standard InChI is InChI=1S/C18H24F2N2O3.ClH/c1-2-24-14-5-3-4-12(15(14)25-17(19)20)11-22-16(23)13-10-18(13)6-8-21-9-7-18;/h3-5,13,17,21H,2,6-11H2,1H3,(H,22,23);1H. The highest BCUT2D eigenvalue weighted by molar-refractivity contribution is 5.85. The average Bonchev–Trinajstić information content (AvgIpc) is 3.28. The Hall–Kier alpha value is -1.60. The van der Waals surface area contributed by atoms with E-state index in [1.807, 2.05) is 0 Å². The van der Waals surface area contributed by atoms with E-state index in [0.29, 0.717) is 12.2 Å². The van der Waals surface area contributed by atoms with Crippen molar-refractivity contribution in [2.45, 2.75) is 39.3 Å². The van der Waals surface area contributed by atoms with Crippen LogP contribution in [0.25, 0.3) is 0 Å². The van der Waals surface area contributed by atoms with Crippen LogP contribution in [0.5, 0.6) is 11.5 Å². The van der Waals surface area contributed by atoms with Crippen molar-refractivity contribution >= 4 is 18.3 Å². The molecule has 146 valence electrons. The van der Waals surface area contributed by atoms with Gasteiger partial charge >= 0.3 is 6.61 Å². The lowest BCUT2D eigenvalue weighted by Crippen LogP contribution is -2.33. The van der Waals surface area contributed by atoms with Gasteiger partial charge in [0.05, 0.1) is 6.61 Å². The van der Waals surface area contributed by atoms with E-state index in [0.717, 1.165) is 32.4 Å². The number of amides is 1. The van der Waals surface area contributed by atoms with Crippen LogP contribution in [0.2, 0.25) is 0 Å². The number of carbonyl (C=O) groups is 1. The summed E-state index contributed by atoms with van der Waals surface area (Å²) in [6.45, 7) is 1.21. The van der Waals surface area contributed by atoms with Crippen molar-refractivity contribution in [2.24, 2.45) is 11.3 Å². The topological polar surface area (TPSA) is 59.6 Å². The molecule has 8 heteroatoms. The fourth-order valence-corrected chi connectivity index (χ4v) is 3.69. The minimum absolute atomic E-state index is 0. The van der Waals surface area contributed by atoms with Crippen molar-refractivity contribution in [3.05, 3.63) is 23.8 Å². The van der Waals surface area contributed by atoms with Gasteiger partial charge in [-0.2, -0.15) is 8.78 Å². The number of alkyl halides is 2. The molecule has 1 saturated carbocycles. The lowest BCUT2D eigenvalue weighted by molar-refractivity contribution is -0.123. The quantitative estimate of drug-likeness (QED) is 0.751. The second-order valence-corrected chi connectivity index (χ2v) is 6.64. The normalized spacial score (nSPS) is 20.4. The molecule has 0 aromatic heterocycles. The van der Waals surface area contributed by atoms with Gasteiger partial charge in [0, 0.05) is 18.0 Å². The maximum Gasteiger partial charge on any atom is 0.387 e. The molecule has 1 aliphatic heterocycles. The smallest absolute Gasteiger partial charge is 0.387 e. The van der Waals surface area contributed by atoms with Crippen LogP contribution >= 0.6 is 12.4 Å². The molecule has 1 spiro atoms. The van der Waals surface area contributed by atoms with Gasteiger partial charge in [-0.15, -0.1) is 12.4 Å². The Morgan fingerprint density at radius 3 is 2.77 bits per heavy atom. The van der Waals surface area contributed by atoms with Crippen LogP contribution in [-0.4, -0.2) is 32.2 Å². The minimum atomic E-state index is -2.95. The molecule has 0 bridgehead atoms. The molecule has 2 N–H and O–H groups in total. The van der Waals surface area contributed by atoms with Crippen LogP contribution in [0.1, 0.15) is 31.7 Å². The summed E-state index contributed by atoms with van der Waals surface area (Å²) in [5.41, 5.74) is 0.629. The molecule has 0 radical (unpaired) electrons. The van der Waals surface area contributed by atoms with Crippen molar-refractivity contribution < 1.29 is 23.0 Å². The van der Waals surface area contributed by atoms with Gasteiger partial charge in [-0.3, -0.25) is 4.79 Å². The molecule has 1 aromatic carbocycles. The van der Waals surface area contributed by atoms with E-state index in [-0.39, 0.29) is 47.7 Å². The van der Waals surface area contributed by atoms with Crippen LogP contribution in [0, 0.1) is 11.3 Å². The molecule has 1 unspecified atom stereocenters. The van der Waals surface area contributed by atoms with E-state index in [9.17, 15) is 13.6 Å². The molecule has 1 aliphatic carbocycles. The van der Waals surface area contributed by atoms with Gasteiger partial charge in [0.2, 0.25) is 5.91 Å². The average molecular weight is 391 g/mol. The summed E-state index contributed by atoms with van der Waals surface area (Å²) in [7, 11) is 0. The Bertz CT molecular complexity index is 624. The lowest BCUT2D eigenvalue weighted by atomic mass is 9.92. The predicted octanol–water partition coefficient (Wildman–Crippen LogP) is 3.11. The molecule has 1 aromatic rings. The fourth-order valence-electron chi connectivity index (χ4n) is 3.69. The number of rotatable bonds is 7. The molecule has 5 nitrogen and oxygen atoms in total. The van der Waals surface area contributed by atoms with Gasteiger partial charge < -0.3 is 20.1 Å². The van der Waals surface area contributed by atoms with Crippen LogP contribution in [-0.2, 0) is 11.3 Å². The Kier molecular flexibility index (Phi) is 7.06. The number of para-hydroxylation sites is 1. The summed E-state index contributed by atoms with van der Waals surface area (Å²) in [6, 6.07) is 4.95. The second-order valence-electron chi connectivity index (χ2n) is 6.64. The third kappa shape index (κ3) is 4.57. The van der Waals surface area contributed by atoms with Crippen LogP contribution in [0.15, 0.2) is 18.2 Å². The van der Waals surface area contributed by atoms with E-state index < -0.39 is 6.61 Å². The maximum absolute atomic E-state index is 12.7. The summed E-state index contributed by atoms with van der Waals surface area (Å²) in [5.74, 6) is 0.277. The van der Waals surface area contributed by atoms with Gasteiger partial charge in [0.25, 0.3) is 0 Å². The molecular formula is C18H25ClF2N2O3. The van der Waals surface area contributed by atoms with Gasteiger partial charge in [0.1, 0.15) is 0 Å². The van der Waals surface area contributed by atoms with E-state index >= 15 is 0 Å². The lowest BCUT2D eigenvalue weighted by Gasteiger charge is -2.23. The SMILES string of the molecule is CCOc1cccc(CNC(=O)C2CC23CCNCC3)c1OC(F)F.Cl. The first kappa shape index (κ1) is 20.7. The number of halogens is 3. The Labute approximate surface area is 158 Å². The number of hydrogen-bond acceptors (Lipinski definition) is 4. The minimum Gasteiger partial charge on any atom is -0.490 e. The molecule has 1 heterocycles. The highest BCUT2D eigenvalue weighted by atomic mass is 35.5. The molecule has 2 aliphatic rings.